The number of esters is 1. The lowest BCUT2D eigenvalue weighted by molar-refractivity contribution is -0.115. The molecule has 2 aromatic carbocycles. The molecule has 28 heavy (non-hydrogen) atoms. The van der Waals surface area contributed by atoms with Crippen molar-refractivity contribution in [2.24, 2.45) is 0 Å². The SMILES string of the molecule is COc1ccc(C(=O)OCc2csc(N(C(C)=O)c3ccccc3)n2)cc1F. The van der Waals surface area contributed by atoms with Crippen LogP contribution in [0.15, 0.2) is 53.9 Å². The van der Waals surface area contributed by atoms with Gasteiger partial charge < -0.3 is 9.47 Å². The lowest BCUT2D eigenvalue weighted by Crippen LogP contribution is -2.22. The van der Waals surface area contributed by atoms with Gasteiger partial charge in [0.25, 0.3) is 0 Å². The summed E-state index contributed by atoms with van der Waals surface area (Å²) in [6.07, 6.45) is 0. The number of benzene rings is 2. The Balaban J connectivity index is 1.70. The third-order valence-electron chi connectivity index (χ3n) is 3.80. The zero-order chi connectivity index (χ0) is 20.1. The van der Waals surface area contributed by atoms with Crippen LogP contribution in [0.4, 0.5) is 15.2 Å². The molecule has 0 N–H and O–H groups in total. The second-order valence-electron chi connectivity index (χ2n) is 5.74. The zero-order valence-corrected chi connectivity index (χ0v) is 16.0. The van der Waals surface area contributed by atoms with Crippen LogP contribution in [-0.2, 0) is 16.1 Å². The molecule has 0 aliphatic heterocycles. The van der Waals surface area contributed by atoms with E-state index in [0.29, 0.717) is 16.5 Å². The third kappa shape index (κ3) is 4.34. The summed E-state index contributed by atoms with van der Waals surface area (Å²) in [6.45, 7) is 1.36. The number of rotatable bonds is 6. The maximum Gasteiger partial charge on any atom is 0.338 e. The van der Waals surface area contributed by atoms with Crippen molar-refractivity contribution in [1.82, 2.24) is 4.98 Å². The molecule has 1 heterocycles. The number of ether oxygens (including phenoxy) is 2. The summed E-state index contributed by atoms with van der Waals surface area (Å²) in [5.74, 6) is -1.46. The molecule has 0 radical (unpaired) electrons. The molecule has 0 saturated heterocycles. The summed E-state index contributed by atoms with van der Waals surface area (Å²) in [7, 11) is 1.34. The highest BCUT2D eigenvalue weighted by Gasteiger charge is 2.18. The van der Waals surface area contributed by atoms with Crippen LogP contribution < -0.4 is 9.64 Å². The first kappa shape index (κ1) is 19.5. The second-order valence-corrected chi connectivity index (χ2v) is 6.57. The van der Waals surface area contributed by atoms with Gasteiger partial charge >= 0.3 is 5.97 Å². The fraction of sp³-hybridized carbons (Fsp3) is 0.150. The van der Waals surface area contributed by atoms with Gasteiger partial charge in [0.15, 0.2) is 16.7 Å². The molecule has 3 aromatic rings. The first-order valence-corrected chi connectivity index (χ1v) is 9.18. The number of carbonyl (C=O) groups excluding carboxylic acids is 2. The number of amides is 1. The van der Waals surface area contributed by atoms with E-state index in [2.05, 4.69) is 4.98 Å². The number of thiazole rings is 1. The average Bonchev–Trinajstić information content (AvgIpc) is 3.15. The van der Waals surface area contributed by atoms with Crippen LogP contribution in [0.3, 0.4) is 0 Å². The molecule has 1 aromatic heterocycles. The summed E-state index contributed by atoms with van der Waals surface area (Å²) >= 11 is 1.26. The number of para-hydroxylation sites is 1. The smallest absolute Gasteiger partial charge is 0.338 e. The molecule has 0 aliphatic carbocycles. The van der Waals surface area contributed by atoms with Crippen LogP contribution in [0.1, 0.15) is 23.0 Å². The molecule has 0 saturated carbocycles. The van der Waals surface area contributed by atoms with Gasteiger partial charge in [-0.25, -0.2) is 14.2 Å². The van der Waals surface area contributed by atoms with E-state index in [9.17, 15) is 14.0 Å². The van der Waals surface area contributed by atoms with Gasteiger partial charge in [0, 0.05) is 12.3 Å². The Kier molecular flexibility index (Phi) is 6.00. The van der Waals surface area contributed by atoms with Crippen LogP contribution >= 0.6 is 11.3 Å². The predicted octanol–water partition coefficient (Wildman–Crippen LogP) is 4.33. The standard InChI is InChI=1S/C20H17FN2O4S/c1-13(24)23(16-6-4-3-5-7-16)20-22-15(12-28-20)11-27-19(25)14-8-9-18(26-2)17(21)10-14/h3-10,12H,11H2,1-2H3. The predicted molar refractivity (Wildman–Crippen MR) is 103 cm³/mol. The Morgan fingerprint density at radius 3 is 2.57 bits per heavy atom. The number of nitrogens with zero attached hydrogens (tertiary/aromatic N) is 2. The van der Waals surface area contributed by atoms with Crippen LogP contribution in [0.2, 0.25) is 0 Å². The molecule has 1 amide bonds. The molecule has 0 spiro atoms. The molecule has 0 unspecified atom stereocenters. The van der Waals surface area contributed by atoms with Crippen molar-refractivity contribution in [2.45, 2.75) is 13.5 Å². The molecule has 0 aliphatic rings. The lowest BCUT2D eigenvalue weighted by atomic mass is 10.2. The van der Waals surface area contributed by atoms with E-state index >= 15 is 0 Å². The van der Waals surface area contributed by atoms with Crippen LogP contribution in [-0.4, -0.2) is 24.0 Å². The molecule has 6 nitrogen and oxygen atoms in total. The Labute approximate surface area is 165 Å². The maximum absolute atomic E-state index is 13.7. The summed E-state index contributed by atoms with van der Waals surface area (Å²) in [6, 6.07) is 13.0. The number of carbonyl (C=O) groups is 2. The van der Waals surface area contributed by atoms with Crippen LogP contribution in [0.25, 0.3) is 0 Å². The topological polar surface area (TPSA) is 68.7 Å². The first-order valence-electron chi connectivity index (χ1n) is 8.30. The first-order chi connectivity index (χ1) is 13.5. The van der Waals surface area contributed by atoms with Crippen molar-refractivity contribution in [2.75, 3.05) is 12.0 Å². The van der Waals surface area contributed by atoms with Crippen molar-refractivity contribution in [3.63, 3.8) is 0 Å². The van der Waals surface area contributed by atoms with E-state index < -0.39 is 11.8 Å². The van der Waals surface area contributed by atoms with Gasteiger partial charge in [-0.1, -0.05) is 18.2 Å². The normalized spacial score (nSPS) is 10.4. The summed E-state index contributed by atoms with van der Waals surface area (Å²) in [4.78, 5) is 30.0. The Hall–Kier alpha value is -3.26. The Morgan fingerprint density at radius 2 is 1.93 bits per heavy atom. The van der Waals surface area contributed by atoms with Crippen molar-refractivity contribution >= 4 is 34.0 Å². The van der Waals surface area contributed by atoms with Crippen LogP contribution in [0.5, 0.6) is 5.75 Å². The monoisotopic (exact) mass is 400 g/mol. The van der Waals surface area contributed by atoms with E-state index in [0.717, 1.165) is 6.07 Å². The van der Waals surface area contributed by atoms with E-state index in [-0.39, 0.29) is 23.8 Å². The molecule has 0 bridgehead atoms. The van der Waals surface area contributed by atoms with Crippen molar-refractivity contribution < 1.29 is 23.5 Å². The van der Waals surface area contributed by atoms with E-state index in [1.807, 2.05) is 18.2 Å². The van der Waals surface area contributed by atoms with Gasteiger partial charge in [-0.2, -0.15) is 0 Å². The van der Waals surface area contributed by atoms with Gasteiger partial charge in [0.05, 0.1) is 24.1 Å². The molecular formula is C20H17FN2O4S. The lowest BCUT2D eigenvalue weighted by Gasteiger charge is -2.17. The molecule has 144 valence electrons. The number of halogens is 1. The van der Waals surface area contributed by atoms with Gasteiger partial charge in [0.1, 0.15) is 6.61 Å². The number of methoxy groups -OCH3 is 1. The second kappa shape index (κ2) is 8.62. The van der Waals surface area contributed by atoms with Crippen LogP contribution in [0, 0.1) is 5.82 Å². The highest BCUT2D eigenvalue weighted by Crippen LogP contribution is 2.29. The van der Waals surface area contributed by atoms with Gasteiger partial charge in [-0.15, -0.1) is 11.3 Å². The molecule has 8 heteroatoms. The quantitative estimate of drug-likeness (QED) is 0.576. The minimum atomic E-state index is -0.678. The number of aromatic nitrogens is 1. The van der Waals surface area contributed by atoms with E-state index in [1.54, 1.807) is 17.5 Å². The Bertz CT molecular complexity index is 991. The van der Waals surface area contributed by atoms with Gasteiger partial charge in [-0.3, -0.25) is 9.69 Å². The molecular weight excluding hydrogens is 383 g/mol. The Morgan fingerprint density at radius 1 is 1.18 bits per heavy atom. The number of hydrogen-bond acceptors (Lipinski definition) is 6. The molecule has 0 fully saturated rings. The highest BCUT2D eigenvalue weighted by atomic mass is 32.1. The minimum absolute atomic E-state index is 0.0472. The number of anilines is 2. The van der Waals surface area contributed by atoms with Crippen molar-refractivity contribution in [3.05, 3.63) is 71.0 Å². The number of hydrogen-bond donors (Lipinski definition) is 0. The van der Waals surface area contributed by atoms with E-state index in [4.69, 9.17) is 9.47 Å². The van der Waals surface area contributed by atoms with Gasteiger partial charge in [0.2, 0.25) is 5.91 Å². The zero-order valence-electron chi connectivity index (χ0n) is 15.2. The average molecular weight is 400 g/mol. The molecule has 0 atom stereocenters. The summed E-state index contributed by atoms with van der Waals surface area (Å²) in [5.41, 5.74) is 1.26. The highest BCUT2D eigenvalue weighted by molar-refractivity contribution is 7.14. The van der Waals surface area contributed by atoms with Crippen molar-refractivity contribution in [1.29, 1.82) is 0 Å². The largest absolute Gasteiger partial charge is 0.494 e. The van der Waals surface area contributed by atoms with Gasteiger partial charge in [-0.05, 0) is 30.3 Å². The molecule has 3 rings (SSSR count). The van der Waals surface area contributed by atoms with E-state index in [1.165, 1.54) is 42.4 Å². The minimum Gasteiger partial charge on any atom is -0.494 e. The fourth-order valence-electron chi connectivity index (χ4n) is 2.49. The maximum atomic E-state index is 13.7. The summed E-state index contributed by atoms with van der Waals surface area (Å²) < 4.78 is 23.7. The summed E-state index contributed by atoms with van der Waals surface area (Å²) in [5, 5.41) is 2.18. The fourth-order valence-corrected chi connectivity index (χ4v) is 3.36. The third-order valence-corrected chi connectivity index (χ3v) is 4.67. The van der Waals surface area contributed by atoms with Crippen molar-refractivity contribution in [3.8, 4) is 5.75 Å².